The Balaban J connectivity index is 1.71. The van der Waals surface area contributed by atoms with Gasteiger partial charge in [0.15, 0.2) is 18.2 Å². The van der Waals surface area contributed by atoms with Crippen molar-refractivity contribution >= 4 is 68.3 Å². The maximum atomic E-state index is 12.2. The molecule has 0 radical (unpaired) electrons. The lowest BCUT2D eigenvalue weighted by atomic mass is 10.1. The smallest absolute Gasteiger partial charge is 0.258 e. The van der Waals surface area contributed by atoms with Crippen LogP contribution in [0.25, 0.3) is 22.3 Å². The Morgan fingerprint density at radius 3 is 2.72 bits per heavy atom. The number of nitrogens with one attached hydrogen (secondary N) is 2. The second-order valence-electron chi connectivity index (χ2n) is 8.87. The molecule has 12 heteroatoms. The van der Waals surface area contributed by atoms with E-state index in [1.165, 1.54) is 0 Å². The highest BCUT2D eigenvalue weighted by Crippen LogP contribution is 2.39. The number of hydrogen-bond donors (Lipinski definition) is 2. The molecule has 0 aliphatic carbocycles. The summed E-state index contributed by atoms with van der Waals surface area (Å²) < 4.78 is 13.1. The van der Waals surface area contributed by atoms with Crippen molar-refractivity contribution < 1.29 is 14.3 Å². The van der Waals surface area contributed by atoms with Gasteiger partial charge in [0.1, 0.15) is 11.6 Å². The predicted molar refractivity (Wildman–Crippen MR) is 153 cm³/mol. The molecule has 0 saturated heterocycles. The first-order chi connectivity index (χ1) is 17.2. The molecule has 1 unspecified atom stereocenters. The van der Waals surface area contributed by atoms with Gasteiger partial charge in [0.2, 0.25) is 0 Å². The molecule has 2 N–H and O–H groups in total. The number of hydrogen-bond acceptors (Lipinski definition) is 7. The average Bonchev–Trinajstić information content (AvgIpc) is 3.29. The second kappa shape index (κ2) is 11.1. The first kappa shape index (κ1) is 26.4. The Bertz CT molecular complexity index is 1410. The van der Waals surface area contributed by atoms with Gasteiger partial charge in [-0.3, -0.25) is 4.79 Å². The van der Waals surface area contributed by atoms with Gasteiger partial charge in [-0.15, -0.1) is 0 Å². The van der Waals surface area contributed by atoms with E-state index in [0.29, 0.717) is 45.4 Å². The normalized spacial score (nSPS) is 11.7. The van der Waals surface area contributed by atoms with Crippen molar-refractivity contribution in [1.29, 1.82) is 0 Å². The van der Waals surface area contributed by atoms with Gasteiger partial charge in [0, 0.05) is 11.1 Å². The summed E-state index contributed by atoms with van der Waals surface area (Å²) in [4.78, 5) is 21.7. The zero-order valence-electron chi connectivity index (χ0n) is 20.1. The standard InChI is InChI=1S/C24H25ClIN6O3P/c1-24(2,3)31-19(33)13-35-16-7-5-6-14(10-16)22-29-18-9-8-17(25)21(34-4)20(18)23(30-22)28-15-11-27-32(12-15)36-26/h5-12,36H,13H2,1-4H3,(H,31,33)(H,28,29,30). The van der Waals surface area contributed by atoms with Crippen LogP contribution in [0, 0.1) is 0 Å². The molecule has 4 aromatic rings. The number of carbonyl (C=O) groups is 1. The van der Waals surface area contributed by atoms with E-state index in [0.717, 1.165) is 11.3 Å². The minimum atomic E-state index is -0.331. The first-order valence-corrected chi connectivity index (χ1v) is 15.4. The van der Waals surface area contributed by atoms with Crippen molar-refractivity contribution in [3.8, 4) is 22.9 Å². The van der Waals surface area contributed by atoms with Crippen molar-refractivity contribution in [2.24, 2.45) is 0 Å². The highest BCUT2D eigenvalue weighted by Gasteiger charge is 2.18. The van der Waals surface area contributed by atoms with Crippen molar-refractivity contribution in [2.45, 2.75) is 26.3 Å². The summed E-state index contributed by atoms with van der Waals surface area (Å²) in [7, 11) is 1.56. The van der Waals surface area contributed by atoms with Crippen LogP contribution >= 0.6 is 40.0 Å². The molecule has 2 aromatic carbocycles. The highest BCUT2D eigenvalue weighted by atomic mass is 127. The number of halogens is 2. The topological polar surface area (TPSA) is 103 Å². The molecule has 1 atom stereocenters. The molecular formula is C24H25ClIN6O3P. The minimum Gasteiger partial charge on any atom is -0.494 e. The zero-order valence-corrected chi connectivity index (χ0v) is 24.0. The maximum absolute atomic E-state index is 12.2. The molecule has 188 valence electrons. The van der Waals surface area contributed by atoms with Crippen LogP contribution in [-0.2, 0) is 4.79 Å². The summed E-state index contributed by atoms with van der Waals surface area (Å²) in [6.45, 7) is 5.67. The number of benzene rings is 2. The second-order valence-corrected chi connectivity index (χ2v) is 11.4. The van der Waals surface area contributed by atoms with Crippen LogP contribution in [-0.4, -0.2) is 44.7 Å². The van der Waals surface area contributed by atoms with E-state index in [2.05, 4.69) is 37.8 Å². The summed E-state index contributed by atoms with van der Waals surface area (Å²) in [5.41, 5.74) is 1.83. The van der Waals surface area contributed by atoms with E-state index in [9.17, 15) is 4.79 Å². The third kappa shape index (κ3) is 6.35. The van der Waals surface area contributed by atoms with Gasteiger partial charge >= 0.3 is 0 Å². The van der Waals surface area contributed by atoms with E-state index in [4.69, 9.17) is 31.0 Å². The van der Waals surface area contributed by atoms with Crippen molar-refractivity contribution in [1.82, 2.24) is 24.8 Å². The van der Waals surface area contributed by atoms with Gasteiger partial charge in [-0.2, -0.15) is 5.10 Å². The molecule has 0 saturated carbocycles. The number of nitrogens with zero attached hydrogens (tertiary/aromatic N) is 4. The van der Waals surface area contributed by atoms with Gasteiger partial charge in [-0.05, 0) is 67.1 Å². The van der Waals surface area contributed by atoms with Gasteiger partial charge < -0.3 is 20.1 Å². The number of amides is 1. The van der Waals surface area contributed by atoms with E-state index in [1.54, 1.807) is 31.5 Å². The number of ether oxygens (including phenoxy) is 2. The van der Waals surface area contributed by atoms with Gasteiger partial charge in [-0.1, -0.05) is 23.7 Å². The van der Waals surface area contributed by atoms with Crippen LogP contribution in [0.3, 0.4) is 0 Å². The number of carbonyl (C=O) groups excluding carboxylic acids is 1. The summed E-state index contributed by atoms with van der Waals surface area (Å²) in [5, 5.41) is 11.7. The third-order valence-corrected chi connectivity index (χ3v) is 7.08. The summed E-state index contributed by atoms with van der Waals surface area (Å²) in [6.07, 6.45) is 4.10. The molecular weight excluding hydrogens is 614 g/mol. The lowest BCUT2D eigenvalue weighted by Gasteiger charge is -2.20. The fourth-order valence-corrected chi connectivity index (χ4v) is 4.80. The minimum absolute atomic E-state index is 0.0940. The van der Waals surface area contributed by atoms with Crippen LogP contribution in [0.1, 0.15) is 20.8 Å². The molecule has 0 aliphatic heterocycles. The Kier molecular flexibility index (Phi) is 8.17. The molecule has 2 heterocycles. The molecule has 0 aliphatic rings. The third-order valence-electron chi connectivity index (χ3n) is 4.88. The lowest BCUT2D eigenvalue weighted by molar-refractivity contribution is -0.124. The Labute approximate surface area is 228 Å². The summed E-state index contributed by atoms with van der Waals surface area (Å²) in [6, 6.07) is 10.9. The molecule has 4 rings (SSSR count). The maximum Gasteiger partial charge on any atom is 0.258 e. The predicted octanol–water partition coefficient (Wildman–Crippen LogP) is 5.98. The molecule has 1 amide bonds. The lowest BCUT2D eigenvalue weighted by Crippen LogP contribution is -2.43. The number of aromatic nitrogens is 4. The van der Waals surface area contributed by atoms with Crippen molar-refractivity contribution in [3.63, 3.8) is 0 Å². The average molecular weight is 639 g/mol. The van der Waals surface area contributed by atoms with Crippen molar-refractivity contribution in [2.75, 3.05) is 19.0 Å². The van der Waals surface area contributed by atoms with Crippen LogP contribution < -0.4 is 20.1 Å². The van der Waals surface area contributed by atoms with Crippen LogP contribution in [0.15, 0.2) is 48.8 Å². The van der Waals surface area contributed by atoms with Crippen molar-refractivity contribution in [3.05, 3.63) is 53.8 Å². The summed E-state index contributed by atoms with van der Waals surface area (Å²) in [5.74, 6) is 1.82. The molecule has 0 bridgehead atoms. The molecule has 0 spiro atoms. The SMILES string of the molecule is COc1c(Cl)ccc2nc(-c3cccc(OCC(=O)NC(C)(C)C)c3)nc(Nc3cnn(PI)c3)c12. The van der Waals surface area contributed by atoms with Gasteiger partial charge in [0.25, 0.3) is 5.91 Å². The largest absolute Gasteiger partial charge is 0.494 e. The molecule has 2 aromatic heterocycles. The number of fused-ring (bicyclic) bond motifs is 1. The summed E-state index contributed by atoms with van der Waals surface area (Å²) >= 11 is 8.67. The Morgan fingerprint density at radius 2 is 2.03 bits per heavy atom. The molecule has 0 fully saturated rings. The van der Waals surface area contributed by atoms with Crippen LogP contribution in [0.2, 0.25) is 5.02 Å². The van der Waals surface area contributed by atoms with Gasteiger partial charge in [0.05, 0.1) is 47.5 Å². The Morgan fingerprint density at radius 1 is 1.22 bits per heavy atom. The highest BCUT2D eigenvalue weighted by molar-refractivity contribution is 14.2. The molecule has 36 heavy (non-hydrogen) atoms. The fraction of sp³-hybridized carbons (Fsp3) is 0.250. The number of anilines is 2. The monoisotopic (exact) mass is 638 g/mol. The zero-order chi connectivity index (χ0) is 25.9. The number of methoxy groups -OCH3 is 1. The van der Waals surface area contributed by atoms with Gasteiger partial charge in [-0.25, -0.2) is 14.4 Å². The first-order valence-electron chi connectivity index (χ1n) is 10.9. The molecule has 9 nitrogen and oxygen atoms in total. The quantitative estimate of drug-likeness (QED) is 0.181. The number of rotatable bonds is 8. The van der Waals surface area contributed by atoms with E-state index in [1.807, 2.05) is 49.6 Å². The van der Waals surface area contributed by atoms with E-state index >= 15 is 0 Å². The Hall–Kier alpha value is -2.69. The van der Waals surface area contributed by atoms with Crippen LogP contribution in [0.4, 0.5) is 11.5 Å². The van der Waals surface area contributed by atoms with E-state index in [-0.39, 0.29) is 18.1 Å². The van der Waals surface area contributed by atoms with Crippen LogP contribution in [0.5, 0.6) is 11.5 Å². The van der Waals surface area contributed by atoms with E-state index < -0.39 is 0 Å². The fourth-order valence-electron chi connectivity index (χ4n) is 3.49.